The molecule has 0 saturated heterocycles. The van der Waals surface area contributed by atoms with Crippen molar-refractivity contribution >= 4 is 28.4 Å². The number of hydrogen-bond donors (Lipinski definition) is 1. The average molecular weight is 415 g/mol. The van der Waals surface area contributed by atoms with Crippen LogP contribution in [0.15, 0.2) is 102 Å². The van der Waals surface area contributed by atoms with E-state index in [1.165, 1.54) is 33.2 Å². The van der Waals surface area contributed by atoms with Gasteiger partial charge in [-0.2, -0.15) is 0 Å². The van der Waals surface area contributed by atoms with Gasteiger partial charge in [0.1, 0.15) is 0 Å². The highest BCUT2D eigenvalue weighted by Crippen LogP contribution is 2.50. The number of anilines is 1. The minimum absolute atomic E-state index is 0.321. The van der Waals surface area contributed by atoms with Crippen LogP contribution in [-0.2, 0) is 0 Å². The van der Waals surface area contributed by atoms with Crippen molar-refractivity contribution in [2.45, 2.75) is 25.3 Å². The molecule has 0 saturated carbocycles. The van der Waals surface area contributed by atoms with Crippen LogP contribution in [0, 0.1) is 12.8 Å². The van der Waals surface area contributed by atoms with Crippen LogP contribution >= 0.6 is 0 Å². The number of aryl methyl sites for hydroxylation is 1. The van der Waals surface area contributed by atoms with Crippen molar-refractivity contribution in [2.75, 3.05) is 5.32 Å². The van der Waals surface area contributed by atoms with Crippen molar-refractivity contribution < 1.29 is 0 Å². The summed E-state index contributed by atoms with van der Waals surface area (Å²) in [5.41, 5.74) is 7.50. The van der Waals surface area contributed by atoms with E-state index in [2.05, 4.69) is 109 Å². The molecule has 156 valence electrons. The van der Waals surface area contributed by atoms with E-state index in [1.54, 1.807) is 0 Å². The van der Waals surface area contributed by atoms with Gasteiger partial charge in [0, 0.05) is 23.4 Å². The lowest BCUT2D eigenvalue weighted by Gasteiger charge is -2.37. The summed E-state index contributed by atoms with van der Waals surface area (Å²) in [5, 5.41) is 6.30. The standard InChI is InChI=1S/C30H26N2/c1-20-12-17-29-28(18-20)26-10-5-11-27(26)30(32-29)22-13-15-24(16-14-22)31-19-23-8-4-7-21-6-2-3-9-25(21)23/h2-10,12-19,26-27,30,32H,11H2,1H3/t26-,27-,30-/m1/s1. The maximum absolute atomic E-state index is 4.77. The first kappa shape index (κ1) is 19.1. The van der Waals surface area contributed by atoms with E-state index in [4.69, 9.17) is 4.99 Å². The van der Waals surface area contributed by atoms with Crippen LogP contribution in [0.1, 0.15) is 40.6 Å². The molecule has 1 aliphatic carbocycles. The summed E-state index contributed by atoms with van der Waals surface area (Å²) in [6.07, 6.45) is 7.85. The summed E-state index contributed by atoms with van der Waals surface area (Å²) >= 11 is 0. The molecule has 2 aliphatic rings. The first-order valence-corrected chi connectivity index (χ1v) is 11.4. The lowest BCUT2D eigenvalue weighted by atomic mass is 9.76. The molecule has 0 spiro atoms. The van der Waals surface area contributed by atoms with E-state index in [0.29, 0.717) is 17.9 Å². The topological polar surface area (TPSA) is 24.4 Å². The van der Waals surface area contributed by atoms with Gasteiger partial charge >= 0.3 is 0 Å². The fourth-order valence-electron chi connectivity index (χ4n) is 5.32. The van der Waals surface area contributed by atoms with Gasteiger partial charge in [-0.1, -0.05) is 84.4 Å². The van der Waals surface area contributed by atoms with Gasteiger partial charge in [-0.05, 0) is 59.4 Å². The highest BCUT2D eigenvalue weighted by Gasteiger charge is 2.37. The Morgan fingerprint density at radius 1 is 0.906 bits per heavy atom. The molecule has 4 aromatic carbocycles. The number of fused-ring (bicyclic) bond motifs is 4. The summed E-state index contributed by atoms with van der Waals surface area (Å²) in [5.74, 6) is 1.06. The van der Waals surface area contributed by atoms with Crippen LogP contribution in [0.4, 0.5) is 11.4 Å². The summed E-state index contributed by atoms with van der Waals surface area (Å²) in [7, 11) is 0. The van der Waals surface area contributed by atoms with Crippen molar-refractivity contribution in [1.82, 2.24) is 0 Å². The minimum atomic E-state index is 0.321. The van der Waals surface area contributed by atoms with E-state index in [1.807, 2.05) is 6.21 Å². The van der Waals surface area contributed by atoms with Crippen molar-refractivity contribution in [3.8, 4) is 0 Å². The molecule has 0 unspecified atom stereocenters. The predicted octanol–water partition coefficient (Wildman–Crippen LogP) is 7.73. The Bertz CT molecular complexity index is 1340. The lowest BCUT2D eigenvalue weighted by molar-refractivity contribution is 0.425. The molecule has 4 aromatic rings. The molecule has 6 rings (SSSR count). The van der Waals surface area contributed by atoms with Crippen LogP contribution in [0.25, 0.3) is 10.8 Å². The van der Waals surface area contributed by atoms with Crippen molar-refractivity contribution in [3.05, 3.63) is 119 Å². The van der Waals surface area contributed by atoms with E-state index < -0.39 is 0 Å². The Morgan fingerprint density at radius 3 is 2.66 bits per heavy atom. The number of benzene rings is 4. The highest BCUT2D eigenvalue weighted by atomic mass is 15.0. The van der Waals surface area contributed by atoms with Gasteiger partial charge in [-0.15, -0.1) is 0 Å². The number of nitrogens with one attached hydrogen (secondary N) is 1. The normalized spacial score (nSPS) is 21.5. The molecular formula is C30H26N2. The third-order valence-corrected chi connectivity index (χ3v) is 6.95. The maximum Gasteiger partial charge on any atom is 0.0630 e. The second-order valence-electron chi connectivity index (χ2n) is 8.98. The summed E-state index contributed by atoms with van der Waals surface area (Å²) in [4.78, 5) is 4.77. The van der Waals surface area contributed by atoms with E-state index in [-0.39, 0.29) is 0 Å². The molecule has 0 amide bonds. The van der Waals surface area contributed by atoms with Gasteiger partial charge in [0.2, 0.25) is 0 Å². The molecule has 1 aliphatic heterocycles. The number of allylic oxidation sites excluding steroid dienone is 2. The Hall–Kier alpha value is -3.65. The molecule has 32 heavy (non-hydrogen) atoms. The molecule has 0 aromatic heterocycles. The first-order valence-electron chi connectivity index (χ1n) is 11.4. The smallest absolute Gasteiger partial charge is 0.0630 e. The van der Waals surface area contributed by atoms with Crippen molar-refractivity contribution in [2.24, 2.45) is 10.9 Å². The Kier molecular flexibility index (Phi) is 4.65. The van der Waals surface area contributed by atoms with Crippen molar-refractivity contribution in [3.63, 3.8) is 0 Å². The molecule has 0 fully saturated rings. The van der Waals surface area contributed by atoms with Crippen LogP contribution in [0.5, 0.6) is 0 Å². The average Bonchev–Trinajstić information content (AvgIpc) is 3.33. The zero-order chi connectivity index (χ0) is 21.5. The van der Waals surface area contributed by atoms with Gasteiger partial charge in [0.15, 0.2) is 0 Å². The lowest BCUT2D eigenvalue weighted by Crippen LogP contribution is -2.29. The Labute approximate surface area is 189 Å². The first-order chi connectivity index (χ1) is 15.8. The molecule has 1 heterocycles. The molecule has 2 nitrogen and oxygen atoms in total. The van der Waals surface area contributed by atoms with Gasteiger partial charge in [0.25, 0.3) is 0 Å². The van der Waals surface area contributed by atoms with E-state index >= 15 is 0 Å². The molecular weight excluding hydrogens is 388 g/mol. The van der Waals surface area contributed by atoms with Crippen molar-refractivity contribution in [1.29, 1.82) is 0 Å². The number of rotatable bonds is 3. The Morgan fingerprint density at radius 2 is 1.75 bits per heavy atom. The second kappa shape index (κ2) is 7.80. The second-order valence-corrected chi connectivity index (χ2v) is 8.98. The monoisotopic (exact) mass is 414 g/mol. The van der Waals surface area contributed by atoms with Gasteiger partial charge in [-0.3, -0.25) is 4.99 Å². The quantitative estimate of drug-likeness (QED) is 0.269. The third kappa shape index (κ3) is 3.33. The van der Waals surface area contributed by atoms with Gasteiger partial charge in [0.05, 0.1) is 11.7 Å². The summed E-state index contributed by atoms with van der Waals surface area (Å²) in [6, 6.07) is 30.7. The fourth-order valence-corrected chi connectivity index (χ4v) is 5.32. The third-order valence-electron chi connectivity index (χ3n) is 6.95. The highest BCUT2D eigenvalue weighted by molar-refractivity contribution is 6.00. The number of nitrogens with zero attached hydrogens (tertiary/aromatic N) is 1. The SMILES string of the molecule is Cc1ccc2c(c1)[C@@H]1C=CC[C@H]1[C@@H](c1ccc(N=Cc3cccc4ccccc34)cc1)N2. The largest absolute Gasteiger partial charge is 0.378 e. The zero-order valence-corrected chi connectivity index (χ0v) is 18.2. The van der Waals surface area contributed by atoms with Crippen LogP contribution in [0.3, 0.4) is 0 Å². The summed E-state index contributed by atoms with van der Waals surface area (Å²) in [6.45, 7) is 2.18. The van der Waals surface area contributed by atoms with Gasteiger partial charge < -0.3 is 5.32 Å². The molecule has 1 N–H and O–H groups in total. The fraction of sp³-hybridized carbons (Fsp3) is 0.167. The molecule has 0 bridgehead atoms. The van der Waals surface area contributed by atoms with Gasteiger partial charge in [-0.25, -0.2) is 0 Å². The van der Waals surface area contributed by atoms with Crippen LogP contribution in [0.2, 0.25) is 0 Å². The van der Waals surface area contributed by atoms with Crippen LogP contribution < -0.4 is 5.32 Å². The predicted molar refractivity (Wildman–Crippen MR) is 135 cm³/mol. The van der Waals surface area contributed by atoms with E-state index in [9.17, 15) is 0 Å². The molecule has 2 heteroatoms. The molecule has 3 atom stereocenters. The van der Waals surface area contributed by atoms with E-state index in [0.717, 1.165) is 17.7 Å². The maximum atomic E-state index is 4.77. The number of aliphatic imine (C=N–C) groups is 1. The van der Waals surface area contributed by atoms with Crippen LogP contribution in [-0.4, -0.2) is 6.21 Å². The minimum Gasteiger partial charge on any atom is -0.378 e. The molecule has 0 radical (unpaired) electrons. The summed E-state index contributed by atoms with van der Waals surface area (Å²) < 4.78 is 0. The number of hydrogen-bond acceptors (Lipinski definition) is 2. The Balaban J connectivity index is 1.27. The zero-order valence-electron chi connectivity index (χ0n) is 18.2.